The number of rotatable bonds is 6. The van der Waals surface area contributed by atoms with E-state index in [0.717, 1.165) is 49.5 Å². The number of Topliss-reactive ketones (excluding diaryl/α,β-unsaturated/α-hetero) is 1. The third-order valence-corrected chi connectivity index (χ3v) is 5.73. The summed E-state index contributed by atoms with van der Waals surface area (Å²) in [5.41, 5.74) is 3.90. The van der Waals surface area contributed by atoms with Gasteiger partial charge in [0.2, 0.25) is 0 Å². The molecule has 0 spiro atoms. The number of methoxy groups -OCH3 is 1. The van der Waals surface area contributed by atoms with Crippen molar-refractivity contribution >= 4 is 5.78 Å². The third-order valence-electron chi connectivity index (χ3n) is 5.73. The van der Waals surface area contributed by atoms with Crippen LogP contribution in [0.25, 0.3) is 11.3 Å². The maximum absolute atomic E-state index is 13.1. The number of aromatic nitrogens is 2. The number of aromatic amines is 1. The van der Waals surface area contributed by atoms with Gasteiger partial charge >= 0.3 is 0 Å². The number of benzene rings is 2. The van der Waals surface area contributed by atoms with Crippen LogP contribution in [-0.4, -0.2) is 36.2 Å². The van der Waals surface area contributed by atoms with Gasteiger partial charge in [0, 0.05) is 29.9 Å². The summed E-state index contributed by atoms with van der Waals surface area (Å²) in [5.74, 6) is 0.669. The minimum absolute atomic E-state index is 0.0228. The van der Waals surface area contributed by atoms with Gasteiger partial charge in [-0.15, -0.1) is 0 Å². The summed E-state index contributed by atoms with van der Waals surface area (Å²) in [6.07, 6.45) is 3.59. The van der Waals surface area contributed by atoms with E-state index in [1.807, 2.05) is 30.5 Å². The van der Waals surface area contributed by atoms with Crippen LogP contribution in [0.15, 0.2) is 54.7 Å². The van der Waals surface area contributed by atoms with Crippen LogP contribution in [-0.2, 0) is 6.54 Å². The van der Waals surface area contributed by atoms with Crippen molar-refractivity contribution < 1.29 is 18.8 Å². The predicted octanol–water partition coefficient (Wildman–Crippen LogP) is 2.90. The first-order valence-electron chi connectivity index (χ1n) is 9.94. The van der Waals surface area contributed by atoms with Crippen molar-refractivity contribution in [3.8, 4) is 17.0 Å². The second-order valence-corrected chi connectivity index (χ2v) is 7.57. The van der Waals surface area contributed by atoms with Crippen LogP contribution in [0.3, 0.4) is 0 Å². The predicted molar refractivity (Wildman–Crippen MR) is 108 cm³/mol. The number of hydrogen-bond donors (Lipinski definition) is 2. The smallest absolute Gasteiger partial charge is 0.166 e. The van der Waals surface area contributed by atoms with E-state index in [-0.39, 0.29) is 17.5 Å². The standard InChI is InChI=1S/C23H24FN3O2/c1-29-21-8-4-16(5-9-21)22-19(14-25-26-22)15-27-12-10-18(11-13-27)23(28)17-2-6-20(24)7-3-17/h2-9,14,18H,10-13,15H2,1H3,(H,25,26)/p+1. The van der Waals surface area contributed by atoms with Crippen LogP contribution < -0.4 is 9.64 Å². The Morgan fingerprint density at radius 2 is 1.83 bits per heavy atom. The number of ketones is 1. The summed E-state index contributed by atoms with van der Waals surface area (Å²) in [5, 5.41) is 7.36. The van der Waals surface area contributed by atoms with Crippen LogP contribution >= 0.6 is 0 Å². The van der Waals surface area contributed by atoms with Crippen molar-refractivity contribution in [3.05, 3.63) is 71.7 Å². The molecule has 2 aromatic carbocycles. The van der Waals surface area contributed by atoms with Gasteiger partial charge in [-0.2, -0.15) is 5.10 Å². The van der Waals surface area contributed by atoms with Gasteiger partial charge in [0.25, 0.3) is 0 Å². The summed E-state index contributed by atoms with van der Waals surface area (Å²) < 4.78 is 18.3. The Labute approximate surface area is 169 Å². The number of nitrogens with zero attached hydrogens (tertiary/aromatic N) is 1. The fourth-order valence-corrected chi connectivity index (χ4v) is 4.04. The second kappa shape index (κ2) is 8.57. The van der Waals surface area contributed by atoms with Crippen LogP contribution in [0.4, 0.5) is 4.39 Å². The Kier molecular flexibility index (Phi) is 5.71. The molecule has 3 aromatic rings. The third kappa shape index (κ3) is 4.38. The van der Waals surface area contributed by atoms with Gasteiger partial charge in [-0.1, -0.05) is 0 Å². The van der Waals surface area contributed by atoms with Gasteiger partial charge in [-0.25, -0.2) is 4.39 Å². The molecule has 1 fully saturated rings. The normalized spacial score (nSPS) is 19.1. The highest BCUT2D eigenvalue weighted by atomic mass is 19.1. The quantitative estimate of drug-likeness (QED) is 0.632. The lowest BCUT2D eigenvalue weighted by molar-refractivity contribution is -0.919. The van der Waals surface area contributed by atoms with Crippen molar-refractivity contribution in [2.75, 3.05) is 20.2 Å². The minimum atomic E-state index is -0.311. The summed E-state index contributed by atoms with van der Waals surface area (Å²) in [7, 11) is 1.66. The average molecular weight is 394 g/mol. The van der Waals surface area contributed by atoms with Crippen LogP contribution in [0, 0.1) is 11.7 Å². The van der Waals surface area contributed by atoms with Gasteiger partial charge < -0.3 is 9.64 Å². The molecule has 2 heterocycles. The number of halogens is 1. The van der Waals surface area contributed by atoms with Gasteiger partial charge in [-0.05, 0) is 48.5 Å². The van der Waals surface area contributed by atoms with E-state index in [1.165, 1.54) is 22.6 Å². The van der Waals surface area contributed by atoms with Crippen LogP contribution in [0.2, 0.25) is 0 Å². The zero-order chi connectivity index (χ0) is 20.2. The largest absolute Gasteiger partial charge is 0.497 e. The van der Waals surface area contributed by atoms with Gasteiger partial charge in [0.15, 0.2) is 5.78 Å². The number of likely N-dealkylation sites (tertiary alicyclic amines) is 1. The van der Waals surface area contributed by atoms with Gasteiger partial charge in [-0.3, -0.25) is 9.89 Å². The Morgan fingerprint density at radius 3 is 2.48 bits per heavy atom. The molecule has 0 radical (unpaired) electrons. The van der Waals surface area contributed by atoms with Crippen molar-refractivity contribution in [1.29, 1.82) is 0 Å². The fraction of sp³-hybridized carbons (Fsp3) is 0.304. The van der Waals surface area contributed by atoms with Gasteiger partial charge in [0.05, 0.1) is 37.7 Å². The number of quaternary nitrogens is 1. The first-order chi connectivity index (χ1) is 14.1. The molecule has 0 bridgehead atoms. The number of H-pyrrole nitrogens is 1. The summed E-state index contributed by atoms with van der Waals surface area (Å²) >= 11 is 0. The number of carbonyl (C=O) groups is 1. The molecular weight excluding hydrogens is 369 g/mol. The number of nitrogens with one attached hydrogen (secondary N) is 2. The van der Waals surface area contributed by atoms with Crippen LogP contribution in [0.1, 0.15) is 28.8 Å². The summed E-state index contributed by atoms with van der Waals surface area (Å²) in [6.45, 7) is 2.74. The highest BCUT2D eigenvalue weighted by Gasteiger charge is 2.28. The molecule has 1 aliphatic rings. The zero-order valence-corrected chi connectivity index (χ0v) is 16.5. The van der Waals surface area contributed by atoms with E-state index >= 15 is 0 Å². The maximum Gasteiger partial charge on any atom is 0.166 e. The molecule has 4 rings (SSSR count). The zero-order valence-electron chi connectivity index (χ0n) is 16.5. The number of hydrogen-bond acceptors (Lipinski definition) is 3. The van der Waals surface area contributed by atoms with E-state index in [0.29, 0.717) is 5.56 Å². The van der Waals surface area contributed by atoms with Gasteiger partial charge in [0.1, 0.15) is 18.1 Å². The molecule has 0 unspecified atom stereocenters. The molecule has 1 saturated heterocycles. The second-order valence-electron chi connectivity index (χ2n) is 7.57. The molecule has 29 heavy (non-hydrogen) atoms. The Bertz CT molecular complexity index is 959. The molecular formula is C23H25FN3O2+. The molecule has 5 nitrogen and oxygen atoms in total. The van der Waals surface area contributed by atoms with E-state index < -0.39 is 0 Å². The van der Waals surface area contributed by atoms with E-state index in [9.17, 15) is 9.18 Å². The van der Waals surface area contributed by atoms with Crippen molar-refractivity contribution in [3.63, 3.8) is 0 Å². The minimum Gasteiger partial charge on any atom is -0.497 e. The molecule has 1 aliphatic heterocycles. The van der Waals surface area contributed by atoms with E-state index in [1.54, 1.807) is 19.2 Å². The Hall–Kier alpha value is -2.99. The van der Waals surface area contributed by atoms with Crippen LogP contribution in [0.5, 0.6) is 5.75 Å². The van der Waals surface area contributed by atoms with E-state index in [4.69, 9.17) is 4.74 Å². The Balaban J connectivity index is 1.37. The topological polar surface area (TPSA) is 59.4 Å². The molecule has 1 aromatic heterocycles. The molecule has 0 aliphatic carbocycles. The molecule has 6 heteroatoms. The van der Waals surface area contributed by atoms with E-state index in [2.05, 4.69) is 10.2 Å². The SMILES string of the molecule is COc1ccc(-c2[nH]ncc2C[NH+]2CCC(C(=O)c3ccc(F)cc3)CC2)cc1. The molecule has 150 valence electrons. The molecule has 2 N–H and O–H groups in total. The lowest BCUT2D eigenvalue weighted by Gasteiger charge is -2.28. The molecule has 0 amide bonds. The number of carbonyl (C=O) groups excluding carboxylic acids is 1. The number of piperidine rings is 1. The fourth-order valence-electron chi connectivity index (χ4n) is 4.04. The monoisotopic (exact) mass is 394 g/mol. The van der Waals surface area contributed by atoms with Crippen molar-refractivity contribution in [2.45, 2.75) is 19.4 Å². The molecule has 0 saturated carbocycles. The van der Waals surface area contributed by atoms with Crippen molar-refractivity contribution in [1.82, 2.24) is 10.2 Å². The average Bonchev–Trinajstić information content (AvgIpc) is 3.22. The number of ether oxygens (including phenoxy) is 1. The van der Waals surface area contributed by atoms with Crippen molar-refractivity contribution in [2.24, 2.45) is 5.92 Å². The maximum atomic E-state index is 13.1. The highest BCUT2D eigenvalue weighted by Crippen LogP contribution is 2.24. The first kappa shape index (κ1) is 19.3. The lowest BCUT2D eigenvalue weighted by Crippen LogP contribution is -3.11. The Morgan fingerprint density at radius 1 is 1.14 bits per heavy atom. The first-order valence-corrected chi connectivity index (χ1v) is 9.94. The molecule has 0 atom stereocenters. The highest BCUT2D eigenvalue weighted by molar-refractivity contribution is 5.97. The summed E-state index contributed by atoms with van der Waals surface area (Å²) in [4.78, 5) is 14.1. The summed E-state index contributed by atoms with van der Waals surface area (Å²) in [6, 6.07) is 13.8. The lowest BCUT2D eigenvalue weighted by atomic mass is 9.88.